The minimum absolute atomic E-state index is 0.209. The smallest absolute Gasteiger partial charge is 0.136 e. The maximum absolute atomic E-state index is 12.2. The Morgan fingerprint density at radius 2 is 2.00 bits per heavy atom. The van der Waals surface area contributed by atoms with Crippen LogP contribution in [0.2, 0.25) is 0 Å². The molecule has 0 heterocycles. The Balaban J connectivity index is 2.07. The number of fused-ring (bicyclic) bond motifs is 1. The standard InChI is InChI=1S/C19H32O/c1-14(8-6-12-18(2,3)4)15-10-11-16-17(20)9-7-13-19(15,16)5/h16H,6-13H2,1-5H3/b15-14+/t16-,19+/m0/s1. The summed E-state index contributed by atoms with van der Waals surface area (Å²) in [6.45, 7) is 11.7. The molecule has 0 aromatic rings. The fraction of sp³-hybridized carbons (Fsp3) is 0.842. The maximum atomic E-state index is 12.2. The molecule has 0 radical (unpaired) electrons. The second-order valence-electron chi connectivity index (χ2n) is 8.50. The lowest BCUT2D eigenvalue weighted by atomic mass is 9.66. The molecule has 0 aromatic heterocycles. The van der Waals surface area contributed by atoms with Crippen LogP contribution in [-0.2, 0) is 4.79 Å². The Morgan fingerprint density at radius 3 is 2.65 bits per heavy atom. The van der Waals surface area contributed by atoms with Gasteiger partial charge in [-0.15, -0.1) is 0 Å². The van der Waals surface area contributed by atoms with Gasteiger partial charge in [-0.25, -0.2) is 0 Å². The van der Waals surface area contributed by atoms with Crippen molar-refractivity contribution in [2.24, 2.45) is 16.7 Å². The molecular weight excluding hydrogens is 244 g/mol. The molecule has 0 amide bonds. The molecule has 2 atom stereocenters. The fourth-order valence-corrected chi connectivity index (χ4v) is 4.48. The summed E-state index contributed by atoms with van der Waals surface area (Å²) in [6, 6.07) is 0. The summed E-state index contributed by atoms with van der Waals surface area (Å²) < 4.78 is 0. The molecule has 2 aliphatic rings. The van der Waals surface area contributed by atoms with Crippen molar-refractivity contribution in [3.8, 4) is 0 Å². The second-order valence-corrected chi connectivity index (χ2v) is 8.50. The van der Waals surface area contributed by atoms with Crippen LogP contribution in [0.15, 0.2) is 11.1 Å². The highest BCUT2D eigenvalue weighted by Crippen LogP contribution is 2.55. The molecule has 1 nitrogen and oxygen atoms in total. The summed E-state index contributed by atoms with van der Waals surface area (Å²) in [4.78, 5) is 12.2. The van der Waals surface area contributed by atoms with Crippen molar-refractivity contribution < 1.29 is 4.79 Å². The molecule has 0 saturated heterocycles. The van der Waals surface area contributed by atoms with Crippen LogP contribution < -0.4 is 0 Å². The summed E-state index contributed by atoms with van der Waals surface area (Å²) in [5.74, 6) is 0.875. The zero-order valence-electron chi connectivity index (χ0n) is 14.1. The van der Waals surface area contributed by atoms with Gasteiger partial charge < -0.3 is 0 Å². The van der Waals surface area contributed by atoms with Gasteiger partial charge >= 0.3 is 0 Å². The highest BCUT2D eigenvalue weighted by Gasteiger charge is 2.48. The maximum Gasteiger partial charge on any atom is 0.136 e. The number of carbonyl (C=O) groups excluding carboxylic acids is 1. The van der Waals surface area contributed by atoms with Crippen LogP contribution in [-0.4, -0.2) is 5.78 Å². The molecule has 0 spiro atoms. The van der Waals surface area contributed by atoms with Gasteiger partial charge in [0.2, 0.25) is 0 Å². The number of Topliss-reactive ketones (excluding diaryl/α,β-unsaturated/α-hetero) is 1. The average molecular weight is 276 g/mol. The van der Waals surface area contributed by atoms with Crippen molar-refractivity contribution in [1.29, 1.82) is 0 Å². The topological polar surface area (TPSA) is 17.1 Å². The third-order valence-corrected chi connectivity index (χ3v) is 5.64. The van der Waals surface area contributed by atoms with Gasteiger partial charge in [0.25, 0.3) is 0 Å². The van der Waals surface area contributed by atoms with E-state index >= 15 is 0 Å². The van der Waals surface area contributed by atoms with E-state index in [0.717, 1.165) is 19.3 Å². The van der Waals surface area contributed by atoms with Crippen molar-refractivity contribution in [1.82, 2.24) is 0 Å². The lowest BCUT2D eigenvalue weighted by Gasteiger charge is -2.37. The van der Waals surface area contributed by atoms with Crippen molar-refractivity contribution in [3.63, 3.8) is 0 Å². The van der Waals surface area contributed by atoms with Gasteiger partial charge in [-0.2, -0.15) is 0 Å². The van der Waals surface area contributed by atoms with Gasteiger partial charge in [0.05, 0.1) is 0 Å². The Hall–Kier alpha value is -0.590. The van der Waals surface area contributed by atoms with Crippen LogP contribution >= 0.6 is 0 Å². The van der Waals surface area contributed by atoms with Crippen LogP contribution in [0, 0.1) is 16.7 Å². The van der Waals surface area contributed by atoms with Crippen LogP contribution in [0.4, 0.5) is 0 Å². The molecule has 2 saturated carbocycles. The molecule has 0 bridgehead atoms. The van der Waals surface area contributed by atoms with E-state index in [-0.39, 0.29) is 5.41 Å². The molecule has 2 aliphatic carbocycles. The predicted octanol–water partition coefficient (Wildman–Crippen LogP) is 5.69. The van der Waals surface area contributed by atoms with E-state index in [2.05, 4.69) is 34.6 Å². The van der Waals surface area contributed by atoms with E-state index in [9.17, 15) is 4.79 Å². The number of hydrogen-bond donors (Lipinski definition) is 0. The molecule has 114 valence electrons. The van der Waals surface area contributed by atoms with Gasteiger partial charge in [0.1, 0.15) is 5.78 Å². The van der Waals surface area contributed by atoms with Crippen LogP contribution in [0.3, 0.4) is 0 Å². The summed E-state index contributed by atoms with van der Waals surface area (Å²) in [5.41, 5.74) is 3.88. The van der Waals surface area contributed by atoms with E-state index in [4.69, 9.17) is 0 Å². The van der Waals surface area contributed by atoms with Crippen molar-refractivity contribution in [2.75, 3.05) is 0 Å². The quantitative estimate of drug-likeness (QED) is 0.605. The lowest BCUT2D eigenvalue weighted by molar-refractivity contribution is -0.127. The van der Waals surface area contributed by atoms with Gasteiger partial charge in [-0.05, 0) is 62.7 Å². The first kappa shape index (κ1) is 15.8. The summed E-state index contributed by atoms with van der Waals surface area (Å²) in [6.07, 6.45) is 9.25. The van der Waals surface area contributed by atoms with Crippen LogP contribution in [0.1, 0.15) is 86.0 Å². The molecule has 1 heteroatoms. The molecule has 0 N–H and O–H groups in total. The van der Waals surface area contributed by atoms with Gasteiger partial charge in [0.15, 0.2) is 0 Å². The lowest BCUT2D eigenvalue weighted by Crippen LogP contribution is -2.34. The molecule has 0 unspecified atom stereocenters. The number of ketones is 1. The number of carbonyl (C=O) groups is 1. The SMILES string of the molecule is C/C(CCCC(C)(C)C)=C1/CC[C@H]2C(=O)CCC[C@]12C. The highest BCUT2D eigenvalue weighted by atomic mass is 16.1. The molecule has 0 aromatic carbocycles. The Bertz CT molecular complexity index is 410. The zero-order chi connectivity index (χ0) is 15.0. The summed E-state index contributed by atoms with van der Waals surface area (Å²) in [5, 5.41) is 0. The van der Waals surface area contributed by atoms with Gasteiger partial charge in [0, 0.05) is 12.3 Å². The summed E-state index contributed by atoms with van der Waals surface area (Å²) in [7, 11) is 0. The molecule has 0 aliphatic heterocycles. The predicted molar refractivity (Wildman–Crippen MR) is 85.7 cm³/mol. The number of hydrogen-bond acceptors (Lipinski definition) is 1. The fourth-order valence-electron chi connectivity index (χ4n) is 4.48. The van der Waals surface area contributed by atoms with Gasteiger partial charge in [-0.1, -0.05) is 38.8 Å². The van der Waals surface area contributed by atoms with Crippen molar-refractivity contribution >= 4 is 5.78 Å². The number of allylic oxidation sites excluding steroid dienone is 2. The van der Waals surface area contributed by atoms with E-state index in [1.54, 1.807) is 11.1 Å². The minimum atomic E-state index is 0.209. The van der Waals surface area contributed by atoms with Crippen LogP contribution in [0.5, 0.6) is 0 Å². The minimum Gasteiger partial charge on any atom is -0.299 e. The summed E-state index contributed by atoms with van der Waals surface area (Å²) >= 11 is 0. The Labute approximate surface area is 125 Å². The molecule has 20 heavy (non-hydrogen) atoms. The Kier molecular flexibility index (Phi) is 4.47. The monoisotopic (exact) mass is 276 g/mol. The van der Waals surface area contributed by atoms with Crippen molar-refractivity contribution in [3.05, 3.63) is 11.1 Å². The average Bonchev–Trinajstić information content (AvgIpc) is 2.66. The normalized spacial score (nSPS) is 33.2. The largest absolute Gasteiger partial charge is 0.299 e. The first-order valence-electron chi connectivity index (χ1n) is 8.46. The molecule has 2 fully saturated rings. The highest BCUT2D eigenvalue weighted by molar-refractivity contribution is 5.84. The first-order chi connectivity index (χ1) is 9.24. The molecular formula is C19H32O. The second kappa shape index (κ2) is 5.66. The van der Waals surface area contributed by atoms with E-state index < -0.39 is 0 Å². The first-order valence-corrected chi connectivity index (χ1v) is 8.46. The Morgan fingerprint density at radius 1 is 1.30 bits per heavy atom. The third-order valence-electron chi connectivity index (χ3n) is 5.64. The number of rotatable bonds is 3. The molecule has 2 rings (SSSR count). The van der Waals surface area contributed by atoms with E-state index in [0.29, 0.717) is 17.1 Å². The van der Waals surface area contributed by atoms with E-state index in [1.165, 1.54) is 32.1 Å². The third kappa shape index (κ3) is 3.18. The van der Waals surface area contributed by atoms with Gasteiger partial charge in [-0.3, -0.25) is 4.79 Å². The van der Waals surface area contributed by atoms with E-state index in [1.807, 2.05) is 0 Å². The zero-order valence-corrected chi connectivity index (χ0v) is 14.1. The van der Waals surface area contributed by atoms with Crippen molar-refractivity contribution in [2.45, 2.75) is 86.0 Å². The van der Waals surface area contributed by atoms with Crippen LogP contribution in [0.25, 0.3) is 0 Å².